The summed E-state index contributed by atoms with van der Waals surface area (Å²) in [5, 5.41) is 18.6. The quantitative estimate of drug-likeness (QED) is 0.908. The fraction of sp³-hybridized carbons (Fsp3) is 0.462. The Morgan fingerprint density at radius 3 is 2.56 bits per heavy atom. The molecular weight excluding hydrogens is 298 g/mol. The summed E-state index contributed by atoms with van der Waals surface area (Å²) in [6.07, 6.45) is -1.85. The van der Waals surface area contributed by atoms with Crippen molar-refractivity contribution in [2.24, 2.45) is 0 Å². The summed E-state index contributed by atoms with van der Waals surface area (Å²) in [6, 6.07) is 7.44. The van der Waals surface area contributed by atoms with E-state index in [1.165, 1.54) is 0 Å². The van der Waals surface area contributed by atoms with Crippen molar-refractivity contribution in [2.45, 2.75) is 32.2 Å². The number of aliphatic hydroxyl groups is 1. The Hall–Kier alpha value is -1.09. The Morgan fingerprint density at radius 1 is 1.39 bits per heavy atom. The number of nitrogens with zero attached hydrogens (tertiary/aromatic N) is 1. The van der Waals surface area contributed by atoms with E-state index in [9.17, 15) is 10.4 Å². The molecular formula is C13H16BrNO3. The normalized spacial score (nSPS) is 15.6. The zero-order valence-corrected chi connectivity index (χ0v) is 12.1. The molecule has 0 aliphatic heterocycles. The highest BCUT2D eigenvalue weighted by Crippen LogP contribution is 2.31. The molecule has 0 aliphatic rings. The van der Waals surface area contributed by atoms with E-state index < -0.39 is 18.3 Å². The molecule has 3 unspecified atom stereocenters. The zero-order chi connectivity index (χ0) is 13.7. The molecule has 0 amide bonds. The maximum atomic E-state index is 9.42. The van der Waals surface area contributed by atoms with Gasteiger partial charge in [0.2, 0.25) is 0 Å². The van der Waals surface area contributed by atoms with Crippen LogP contribution >= 0.6 is 15.9 Å². The average Bonchev–Trinajstić information content (AvgIpc) is 2.35. The van der Waals surface area contributed by atoms with Crippen molar-refractivity contribution in [3.8, 4) is 11.8 Å². The first-order chi connectivity index (χ1) is 8.49. The third-order valence-corrected chi connectivity index (χ3v) is 3.11. The van der Waals surface area contributed by atoms with Crippen LogP contribution in [0, 0.1) is 11.3 Å². The van der Waals surface area contributed by atoms with Gasteiger partial charge in [0.15, 0.2) is 6.10 Å². The fourth-order valence-corrected chi connectivity index (χ4v) is 1.79. The average molecular weight is 314 g/mol. The molecule has 1 aromatic rings. The molecule has 0 aromatic heterocycles. The van der Waals surface area contributed by atoms with Crippen molar-refractivity contribution >= 4 is 15.9 Å². The molecule has 0 spiro atoms. The minimum Gasteiger partial charge on any atom is -0.496 e. The van der Waals surface area contributed by atoms with Crippen molar-refractivity contribution in [2.75, 3.05) is 7.11 Å². The largest absolute Gasteiger partial charge is 0.496 e. The van der Waals surface area contributed by atoms with Gasteiger partial charge in [0.25, 0.3) is 0 Å². The standard InChI is InChI=1S/C13H16BrNO3/c1-8(16)9(2)18-13(7-15)11-6-10(14)4-5-12(11)17-3/h4-6,8-9,13,16H,1-3H3. The SMILES string of the molecule is COc1ccc(Br)cc1C(C#N)OC(C)C(C)O. The van der Waals surface area contributed by atoms with E-state index in [0.717, 1.165) is 4.47 Å². The Bertz CT molecular complexity index is 442. The van der Waals surface area contributed by atoms with Crippen molar-refractivity contribution in [3.05, 3.63) is 28.2 Å². The minimum atomic E-state index is -0.776. The molecule has 0 radical (unpaired) electrons. The van der Waals surface area contributed by atoms with Crippen LogP contribution < -0.4 is 4.74 Å². The van der Waals surface area contributed by atoms with Gasteiger partial charge in [-0.3, -0.25) is 0 Å². The Labute approximate surface area is 115 Å². The van der Waals surface area contributed by atoms with Gasteiger partial charge in [-0.2, -0.15) is 5.26 Å². The van der Waals surface area contributed by atoms with Gasteiger partial charge in [0.1, 0.15) is 5.75 Å². The first-order valence-corrected chi connectivity index (χ1v) is 6.35. The van der Waals surface area contributed by atoms with E-state index in [1.807, 2.05) is 6.07 Å². The van der Waals surface area contributed by atoms with Crippen molar-refractivity contribution < 1.29 is 14.6 Å². The van der Waals surface area contributed by atoms with Crippen LogP contribution in [-0.4, -0.2) is 24.4 Å². The summed E-state index contributed by atoms with van der Waals surface area (Å²) in [6.45, 7) is 3.34. The second kappa shape index (κ2) is 6.74. The van der Waals surface area contributed by atoms with Crippen LogP contribution in [0.4, 0.5) is 0 Å². The molecule has 98 valence electrons. The number of nitriles is 1. The third kappa shape index (κ3) is 3.70. The third-order valence-electron chi connectivity index (χ3n) is 2.62. The van der Waals surface area contributed by atoms with Gasteiger partial charge >= 0.3 is 0 Å². The smallest absolute Gasteiger partial charge is 0.173 e. The van der Waals surface area contributed by atoms with Gasteiger partial charge < -0.3 is 14.6 Å². The number of hydrogen-bond acceptors (Lipinski definition) is 4. The summed E-state index contributed by atoms with van der Waals surface area (Å²) in [7, 11) is 1.54. The predicted molar refractivity (Wildman–Crippen MR) is 71.3 cm³/mol. The molecule has 0 bridgehead atoms. The van der Waals surface area contributed by atoms with Crippen LogP contribution in [0.3, 0.4) is 0 Å². The summed E-state index contributed by atoms with van der Waals surface area (Å²) in [4.78, 5) is 0. The van der Waals surface area contributed by atoms with Crippen LogP contribution in [0.25, 0.3) is 0 Å². The number of halogens is 1. The highest BCUT2D eigenvalue weighted by Gasteiger charge is 2.21. The van der Waals surface area contributed by atoms with Gasteiger partial charge in [-0.05, 0) is 32.0 Å². The molecule has 0 heterocycles. The van der Waals surface area contributed by atoms with E-state index in [4.69, 9.17) is 9.47 Å². The molecule has 0 fully saturated rings. The lowest BCUT2D eigenvalue weighted by Crippen LogP contribution is -2.24. The lowest BCUT2D eigenvalue weighted by Gasteiger charge is -2.21. The van der Waals surface area contributed by atoms with Crippen LogP contribution in [0.5, 0.6) is 5.75 Å². The molecule has 0 saturated heterocycles. The second-order valence-corrected chi connectivity index (χ2v) is 4.89. The number of hydrogen-bond donors (Lipinski definition) is 1. The maximum absolute atomic E-state index is 9.42. The van der Waals surface area contributed by atoms with Crippen LogP contribution in [-0.2, 0) is 4.74 Å². The van der Waals surface area contributed by atoms with Crippen molar-refractivity contribution in [1.82, 2.24) is 0 Å². The topological polar surface area (TPSA) is 62.5 Å². The summed E-state index contributed by atoms with van der Waals surface area (Å²) < 4.78 is 11.6. The zero-order valence-electron chi connectivity index (χ0n) is 10.6. The van der Waals surface area contributed by atoms with Gasteiger partial charge in [0, 0.05) is 10.0 Å². The number of ether oxygens (including phenoxy) is 2. The molecule has 4 nitrogen and oxygen atoms in total. The number of aliphatic hydroxyl groups excluding tert-OH is 1. The summed E-state index contributed by atoms with van der Waals surface area (Å²) in [5.41, 5.74) is 0.641. The van der Waals surface area contributed by atoms with Gasteiger partial charge in [-0.1, -0.05) is 15.9 Å². The lowest BCUT2D eigenvalue weighted by atomic mass is 10.1. The van der Waals surface area contributed by atoms with Crippen molar-refractivity contribution in [3.63, 3.8) is 0 Å². The maximum Gasteiger partial charge on any atom is 0.173 e. The molecule has 1 N–H and O–H groups in total. The Morgan fingerprint density at radius 2 is 2.06 bits per heavy atom. The fourth-order valence-electron chi connectivity index (χ4n) is 1.41. The van der Waals surface area contributed by atoms with Crippen molar-refractivity contribution in [1.29, 1.82) is 5.26 Å². The highest BCUT2D eigenvalue weighted by molar-refractivity contribution is 9.10. The van der Waals surface area contributed by atoms with E-state index >= 15 is 0 Å². The molecule has 0 aliphatic carbocycles. The van der Waals surface area contributed by atoms with E-state index in [-0.39, 0.29) is 0 Å². The number of benzene rings is 1. The monoisotopic (exact) mass is 313 g/mol. The molecule has 0 saturated carbocycles. The number of rotatable bonds is 5. The Kier molecular flexibility index (Phi) is 5.60. The number of methoxy groups -OCH3 is 1. The first kappa shape index (κ1) is 15.0. The van der Waals surface area contributed by atoms with Crippen LogP contribution in [0.15, 0.2) is 22.7 Å². The van der Waals surface area contributed by atoms with Gasteiger partial charge in [-0.25, -0.2) is 0 Å². The van der Waals surface area contributed by atoms with Crippen LogP contribution in [0.2, 0.25) is 0 Å². The molecule has 18 heavy (non-hydrogen) atoms. The van der Waals surface area contributed by atoms with Gasteiger partial charge in [-0.15, -0.1) is 0 Å². The molecule has 1 aromatic carbocycles. The first-order valence-electron chi connectivity index (χ1n) is 5.56. The van der Waals surface area contributed by atoms with Crippen LogP contribution in [0.1, 0.15) is 25.5 Å². The van der Waals surface area contributed by atoms with E-state index in [2.05, 4.69) is 22.0 Å². The Balaban J connectivity index is 3.02. The molecule has 5 heteroatoms. The lowest BCUT2D eigenvalue weighted by molar-refractivity contribution is -0.0431. The molecule has 3 atom stereocenters. The van der Waals surface area contributed by atoms with E-state index in [0.29, 0.717) is 11.3 Å². The minimum absolute atomic E-state index is 0.432. The predicted octanol–water partition coefficient (Wildman–Crippen LogP) is 2.81. The second-order valence-electron chi connectivity index (χ2n) is 3.98. The van der Waals surface area contributed by atoms with E-state index in [1.54, 1.807) is 33.1 Å². The molecule has 1 rings (SSSR count). The summed E-state index contributed by atoms with van der Waals surface area (Å²) >= 11 is 3.35. The van der Waals surface area contributed by atoms with Gasteiger partial charge in [0.05, 0.1) is 25.4 Å². The summed E-state index contributed by atoms with van der Waals surface area (Å²) in [5.74, 6) is 0.586. The highest BCUT2D eigenvalue weighted by atomic mass is 79.9.